The molecular formula is C26H32FN5O2. The van der Waals surface area contributed by atoms with E-state index in [0.29, 0.717) is 46.8 Å². The second-order valence-electron chi connectivity index (χ2n) is 12.0. The number of carbonyl (C=O) groups excluding carboxylic acids is 2. The Morgan fingerprint density at radius 2 is 1.85 bits per heavy atom. The number of rotatable bonds is 3. The van der Waals surface area contributed by atoms with E-state index in [1.165, 1.54) is 31.4 Å². The second-order valence-corrected chi connectivity index (χ2v) is 12.0. The van der Waals surface area contributed by atoms with Crippen LogP contribution in [-0.2, 0) is 13.1 Å². The van der Waals surface area contributed by atoms with E-state index in [2.05, 4.69) is 24.3 Å². The van der Waals surface area contributed by atoms with Crippen LogP contribution < -0.4 is 11.1 Å². The molecule has 4 aliphatic carbocycles. The number of aromatic nitrogens is 2. The van der Waals surface area contributed by atoms with Crippen molar-refractivity contribution in [2.24, 2.45) is 22.5 Å². The number of urea groups is 1. The molecule has 8 heteroatoms. The third kappa shape index (κ3) is 3.41. The maximum Gasteiger partial charge on any atom is 0.318 e. The number of fused-ring (bicyclic) bond motifs is 1. The highest BCUT2D eigenvalue weighted by Crippen LogP contribution is 2.66. The lowest BCUT2D eigenvalue weighted by molar-refractivity contribution is -0.114. The molecule has 1 aromatic heterocycles. The molecule has 1 aromatic carbocycles. The van der Waals surface area contributed by atoms with Crippen LogP contribution in [0.4, 0.5) is 9.18 Å². The van der Waals surface area contributed by atoms with Gasteiger partial charge in [0.05, 0.1) is 24.3 Å². The maximum atomic E-state index is 13.8. The first kappa shape index (κ1) is 21.6. The predicted molar refractivity (Wildman–Crippen MR) is 125 cm³/mol. The van der Waals surface area contributed by atoms with Crippen molar-refractivity contribution in [2.75, 3.05) is 6.54 Å². The Hall–Kier alpha value is -2.90. The Bertz CT molecular complexity index is 1190. The normalized spacial score (nSPS) is 33.6. The average molecular weight is 466 g/mol. The number of carbonyl (C=O) groups is 2. The summed E-state index contributed by atoms with van der Waals surface area (Å²) in [5, 5.41) is 8.03. The summed E-state index contributed by atoms with van der Waals surface area (Å²) in [7, 11) is 0. The highest BCUT2D eigenvalue weighted by molar-refractivity contribution is 6.00. The van der Waals surface area contributed by atoms with Crippen molar-refractivity contribution in [1.29, 1.82) is 0 Å². The first-order chi connectivity index (χ1) is 16.1. The quantitative estimate of drug-likeness (QED) is 0.716. The Kier molecular flexibility index (Phi) is 4.49. The van der Waals surface area contributed by atoms with Crippen molar-refractivity contribution in [2.45, 2.75) is 71.0 Å². The molecule has 7 nitrogen and oxygen atoms in total. The van der Waals surface area contributed by atoms with E-state index in [1.807, 2.05) is 0 Å². The third-order valence-corrected chi connectivity index (χ3v) is 8.61. The predicted octanol–water partition coefficient (Wildman–Crippen LogP) is 4.06. The van der Waals surface area contributed by atoms with Gasteiger partial charge >= 0.3 is 6.03 Å². The van der Waals surface area contributed by atoms with Gasteiger partial charge in [-0.2, -0.15) is 5.10 Å². The number of primary amides is 1. The molecule has 5 aliphatic rings. The molecule has 0 spiro atoms. The van der Waals surface area contributed by atoms with E-state index in [0.717, 1.165) is 19.3 Å². The van der Waals surface area contributed by atoms with Crippen LogP contribution in [0.3, 0.4) is 0 Å². The average Bonchev–Trinajstić information content (AvgIpc) is 3.09. The summed E-state index contributed by atoms with van der Waals surface area (Å²) in [5.41, 5.74) is 7.95. The number of benzene rings is 1. The van der Waals surface area contributed by atoms with Gasteiger partial charge in [-0.3, -0.25) is 9.48 Å². The van der Waals surface area contributed by atoms with Gasteiger partial charge in [0, 0.05) is 17.6 Å². The summed E-state index contributed by atoms with van der Waals surface area (Å²) >= 11 is 0. The fourth-order valence-electron chi connectivity index (χ4n) is 8.48. The molecule has 2 unspecified atom stereocenters. The van der Waals surface area contributed by atoms with Crippen molar-refractivity contribution in [3.05, 3.63) is 41.3 Å². The number of halogens is 1. The van der Waals surface area contributed by atoms with Gasteiger partial charge in [-0.15, -0.1) is 0 Å². The van der Waals surface area contributed by atoms with Gasteiger partial charge in [0.1, 0.15) is 11.5 Å². The largest absolute Gasteiger partial charge is 0.365 e. The molecule has 4 saturated carbocycles. The summed E-state index contributed by atoms with van der Waals surface area (Å²) in [6, 6.07) is 5.91. The molecule has 2 atom stereocenters. The Morgan fingerprint density at radius 3 is 2.50 bits per heavy atom. The van der Waals surface area contributed by atoms with Crippen molar-refractivity contribution in [3.8, 4) is 11.3 Å². The monoisotopic (exact) mass is 465 g/mol. The maximum absolute atomic E-state index is 13.8. The number of nitrogens with two attached hydrogens (primary N) is 1. The van der Waals surface area contributed by atoms with Gasteiger partial charge in [0.15, 0.2) is 0 Å². The summed E-state index contributed by atoms with van der Waals surface area (Å²) in [6.07, 6.45) is 6.94. The zero-order chi connectivity index (χ0) is 23.9. The van der Waals surface area contributed by atoms with E-state index in [1.54, 1.807) is 21.7 Å². The van der Waals surface area contributed by atoms with E-state index >= 15 is 0 Å². The van der Waals surface area contributed by atoms with Crippen molar-refractivity contribution in [1.82, 2.24) is 20.0 Å². The lowest BCUT2D eigenvalue weighted by Crippen LogP contribution is -2.66. The van der Waals surface area contributed by atoms with E-state index in [9.17, 15) is 14.0 Å². The fourth-order valence-corrected chi connectivity index (χ4v) is 8.48. The highest BCUT2D eigenvalue weighted by atomic mass is 19.1. The minimum absolute atomic E-state index is 0.0793. The molecule has 180 valence electrons. The number of amides is 3. The minimum Gasteiger partial charge on any atom is -0.365 e. The fraction of sp³-hybridized carbons (Fsp3) is 0.577. The van der Waals surface area contributed by atoms with Gasteiger partial charge in [-0.25, -0.2) is 9.18 Å². The molecule has 4 bridgehead atoms. The third-order valence-electron chi connectivity index (χ3n) is 8.61. The molecule has 1 aliphatic heterocycles. The van der Waals surface area contributed by atoms with Crippen molar-refractivity contribution >= 4 is 11.9 Å². The summed E-state index contributed by atoms with van der Waals surface area (Å²) in [6.45, 7) is 5.99. The standard InChI is InChI=1S/C26H32FN5O2/c1-24-9-16-10-25(2,13-24)15-26(11-16,14-24)29-23(34)31-6-7-32-19(12-31)20(22(28)33)21(30-32)17-4-3-5-18(27)8-17/h3-5,8,16H,6-7,9-15H2,1-2H3,(H2,28,33)(H,29,34). The SMILES string of the molecule is CC12CC3CC(C)(C1)CC(NC(=O)N1CCn4nc(-c5cccc(F)c5)c(C(N)=O)c4C1)(C3)C2. The lowest BCUT2D eigenvalue weighted by Gasteiger charge is -2.65. The zero-order valence-corrected chi connectivity index (χ0v) is 19.9. The van der Waals surface area contributed by atoms with Crippen LogP contribution in [0.25, 0.3) is 11.3 Å². The van der Waals surface area contributed by atoms with Crippen LogP contribution in [-0.4, -0.2) is 38.7 Å². The van der Waals surface area contributed by atoms with Gasteiger partial charge in [-0.05, 0) is 67.4 Å². The summed E-state index contributed by atoms with van der Waals surface area (Å²) < 4.78 is 15.6. The van der Waals surface area contributed by atoms with Crippen molar-refractivity contribution < 1.29 is 14.0 Å². The smallest absolute Gasteiger partial charge is 0.318 e. The van der Waals surface area contributed by atoms with Gasteiger partial charge in [0.25, 0.3) is 5.91 Å². The Morgan fingerprint density at radius 1 is 1.12 bits per heavy atom. The van der Waals surface area contributed by atoms with Gasteiger partial charge in [-0.1, -0.05) is 26.0 Å². The second kappa shape index (κ2) is 7.06. The Balaban J connectivity index is 1.27. The molecule has 0 radical (unpaired) electrons. The van der Waals surface area contributed by atoms with Crippen LogP contribution >= 0.6 is 0 Å². The van der Waals surface area contributed by atoms with Crippen molar-refractivity contribution in [3.63, 3.8) is 0 Å². The molecule has 3 N–H and O–H groups in total. The molecule has 4 fully saturated rings. The summed E-state index contributed by atoms with van der Waals surface area (Å²) in [4.78, 5) is 27.7. The molecule has 3 amide bonds. The van der Waals surface area contributed by atoms with Crippen LogP contribution in [0.1, 0.15) is 68.4 Å². The molecule has 34 heavy (non-hydrogen) atoms. The molecule has 2 heterocycles. The molecule has 0 saturated heterocycles. The Labute approximate surface area is 198 Å². The van der Waals surface area contributed by atoms with Gasteiger partial charge < -0.3 is 16.0 Å². The minimum atomic E-state index is -0.621. The molecule has 7 rings (SSSR count). The van der Waals surface area contributed by atoms with Gasteiger partial charge in [0.2, 0.25) is 0 Å². The zero-order valence-electron chi connectivity index (χ0n) is 19.9. The molecule has 2 aromatic rings. The van der Waals surface area contributed by atoms with Crippen LogP contribution in [0.15, 0.2) is 24.3 Å². The van der Waals surface area contributed by atoms with E-state index < -0.39 is 11.7 Å². The number of nitrogens with one attached hydrogen (secondary N) is 1. The van der Waals surface area contributed by atoms with Crippen LogP contribution in [0, 0.1) is 22.6 Å². The number of hydrogen-bond acceptors (Lipinski definition) is 3. The van der Waals surface area contributed by atoms with E-state index in [4.69, 9.17) is 5.73 Å². The van der Waals surface area contributed by atoms with E-state index in [-0.39, 0.29) is 23.7 Å². The van der Waals surface area contributed by atoms with Crippen LogP contribution in [0.5, 0.6) is 0 Å². The first-order valence-corrected chi connectivity index (χ1v) is 12.3. The lowest BCUT2D eigenvalue weighted by atomic mass is 9.43. The molecular weight excluding hydrogens is 433 g/mol. The number of nitrogens with zero attached hydrogens (tertiary/aromatic N) is 3. The van der Waals surface area contributed by atoms with Crippen LogP contribution in [0.2, 0.25) is 0 Å². The topological polar surface area (TPSA) is 93.2 Å². The first-order valence-electron chi connectivity index (χ1n) is 12.3. The summed E-state index contributed by atoms with van der Waals surface area (Å²) in [5.74, 6) is -0.341. The highest BCUT2D eigenvalue weighted by Gasteiger charge is 2.60. The number of hydrogen-bond donors (Lipinski definition) is 2.